The summed E-state index contributed by atoms with van der Waals surface area (Å²) in [6, 6.07) is 6.61. The van der Waals surface area contributed by atoms with Gasteiger partial charge in [-0.1, -0.05) is 18.2 Å². The van der Waals surface area contributed by atoms with E-state index in [0.29, 0.717) is 0 Å². The van der Waals surface area contributed by atoms with E-state index in [-0.39, 0.29) is 19.4 Å². The Bertz CT molecular complexity index is 781. The summed E-state index contributed by atoms with van der Waals surface area (Å²) in [6.07, 6.45) is 0.886. The van der Waals surface area contributed by atoms with Gasteiger partial charge < -0.3 is 25.2 Å². The Labute approximate surface area is 138 Å². The molecule has 8 nitrogen and oxygen atoms in total. The van der Waals surface area contributed by atoms with E-state index in [9.17, 15) is 14.2 Å². The number of carboxylic acids is 1. The van der Waals surface area contributed by atoms with Gasteiger partial charge >= 0.3 is 13.6 Å². The number of fused-ring (bicyclic) bond motifs is 1. The molecule has 1 aromatic heterocycles. The third-order valence-electron chi connectivity index (χ3n) is 3.58. The normalized spacial score (nSPS) is 13.1. The summed E-state index contributed by atoms with van der Waals surface area (Å²) in [7, 11) is -4.48. The number of carbonyl (C=O) groups excluding carboxylic acids is 1. The Morgan fingerprint density at radius 1 is 1.25 bits per heavy atom. The Kier molecular flexibility index (Phi) is 5.90. The number of rotatable bonds is 9. The zero-order chi connectivity index (χ0) is 17.7. The van der Waals surface area contributed by atoms with Crippen LogP contribution < -0.4 is 5.32 Å². The van der Waals surface area contributed by atoms with Crippen molar-refractivity contribution in [2.45, 2.75) is 18.9 Å². The number of benzene rings is 1. The van der Waals surface area contributed by atoms with Crippen LogP contribution in [-0.2, 0) is 20.6 Å². The summed E-state index contributed by atoms with van der Waals surface area (Å²) < 4.78 is 11.1. The number of hydrogen-bond donors (Lipinski definition) is 5. The van der Waals surface area contributed by atoms with Gasteiger partial charge in [0.05, 0.1) is 12.5 Å². The summed E-state index contributed by atoms with van der Waals surface area (Å²) in [4.78, 5) is 43.9. The van der Waals surface area contributed by atoms with Gasteiger partial charge in [0.2, 0.25) is 0 Å². The molecule has 130 valence electrons. The molecule has 2 rings (SSSR count). The molecule has 0 aliphatic carbocycles. The van der Waals surface area contributed by atoms with E-state index in [2.05, 4.69) is 10.3 Å². The number of aromatic nitrogens is 1. The second-order valence-corrected chi connectivity index (χ2v) is 7.15. The van der Waals surface area contributed by atoms with Crippen LogP contribution in [0.1, 0.15) is 12.0 Å². The van der Waals surface area contributed by atoms with Crippen LogP contribution in [0, 0.1) is 0 Å². The summed E-state index contributed by atoms with van der Waals surface area (Å²) in [6.45, 7) is 0.0370. The van der Waals surface area contributed by atoms with Gasteiger partial charge in [0.1, 0.15) is 6.16 Å². The molecule has 1 atom stereocenters. The highest BCUT2D eigenvalue weighted by Crippen LogP contribution is 2.34. The molecule has 1 heterocycles. The standard InChI is InChI=1S/C15H19N2O6P/c18-14(9-24(21,22)23)13(16-6-5-15(19)20)7-10-8-17-12-4-2-1-3-11(10)12/h1-4,8,13,16-17H,5-7,9H2,(H,19,20)(H2,21,22,23). The van der Waals surface area contributed by atoms with Gasteiger partial charge in [-0.2, -0.15) is 0 Å². The minimum Gasteiger partial charge on any atom is -0.481 e. The van der Waals surface area contributed by atoms with Crippen molar-refractivity contribution < 1.29 is 29.0 Å². The topological polar surface area (TPSA) is 140 Å². The lowest BCUT2D eigenvalue weighted by molar-refractivity contribution is -0.137. The van der Waals surface area contributed by atoms with Crippen LogP contribution in [0.3, 0.4) is 0 Å². The summed E-state index contributed by atoms with van der Waals surface area (Å²) in [5.74, 6) is -1.66. The zero-order valence-corrected chi connectivity index (χ0v) is 13.7. The highest BCUT2D eigenvalue weighted by molar-refractivity contribution is 7.52. The maximum absolute atomic E-state index is 12.2. The number of H-pyrrole nitrogens is 1. The maximum Gasteiger partial charge on any atom is 0.332 e. The number of aromatic amines is 1. The van der Waals surface area contributed by atoms with E-state index < -0.39 is 31.6 Å². The first-order valence-electron chi connectivity index (χ1n) is 7.34. The van der Waals surface area contributed by atoms with Crippen LogP contribution in [0.5, 0.6) is 0 Å². The lowest BCUT2D eigenvalue weighted by Gasteiger charge is -2.17. The molecule has 0 bridgehead atoms. The average Bonchev–Trinajstić information content (AvgIpc) is 2.87. The van der Waals surface area contributed by atoms with Crippen LogP contribution in [-0.4, -0.2) is 50.4 Å². The van der Waals surface area contributed by atoms with Crippen molar-refractivity contribution in [2.75, 3.05) is 12.7 Å². The minimum atomic E-state index is -4.48. The number of para-hydroxylation sites is 1. The van der Waals surface area contributed by atoms with Crippen molar-refractivity contribution in [1.82, 2.24) is 10.3 Å². The van der Waals surface area contributed by atoms with Gasteiger partial charge in [-0.15, -0.1) is 0 Å². The second kappa shape index (κ2) is 7.72. The molecule has 2 aromatic rings. The predicted octanol–water partition coefficient (Wildman–Crippen LogP) is 0.890. The van der Waals surface area contributed by atoms with Crippen molar-refractivity contribution in [3.63, 3.8) is 0 Å². The van der Waals surface area contributed by atoms with Crippen LogP contribution in [0.4, 0.5) is 0 Å². The number of ketones is 1. The molecule has 0 fully saturated rings. The first-order chi connectivity index (χ1) is 11.3. The van der Waals surface area contributed by atoms with Gasteiger partial charge in [-0.05, 0) is 18.1 Å². The number of hydrogen-bond acceptors (Lipinski definition) is 4. The summed E-state index contributed by atoms with van der Waals surface area (Å²) >= 11 is 0. The molecule has 0 radical (unpaired) electrons. The van der Waals surface area contributed by atoms with Crippen LogP contribution in [0.15, 0.2) is 30.5 Å². The van der Waals surface area contributed by atoms with E-state index >= 15 is 0 Å². The van der Waals surface area contributed by atoms with E-state index in [1.54, 1.807) is 6.20 Å². The number of carbonyl (C=O) groups is 2. The Hall–Kier alpha value is -1.99. The fourth-order valence-electron chi connectivity index (χ4n) is 2.49. The lowest BCUT2D eigenvalue weighted by atomic mass is 10.0. The summed E-state index contributed by atoms with van der Waals surface area (Å²) in [5.41, 5.74) is 1.71. The molecular formula is C15H19N2O6P. The van der Waals surface area contributed by atoms with Gasteiger partial charge in [0, 0.05) is 23.6 Å². The molecule has 9 heteroatoms. The third-order valence-corrected chi connectivity index (χ3v) is 4.30. The predicted molar refractivity (Wildman–Crippen MR) is 88.0 cm³/mol. The first-order valence-corrected chi connectivity index (χ1v) is 9.13. The molecule has 0 saturated heterocycles. The van der Waals surface area contributed by atoms with Gasteiger partial charge in [-0.25, -0.2) is 0 Å². The molecule has 0 aliphatic heterocycles. The number of carboxylic acid groups (broad SMARTS) is 1. The first kappa shape index (κ1) is 18.4. The van der Waals surface area contributed by atoms with Gasteiger partial charge in [0.25, 0.3) is 0 Å². The van der Waals surface area contributed by atoms with E-state index in [1.165, 1.54) is 0 Å². The zero-order valence-electron chi connectivity index (χ0n) is 12.8. The lowest BCUT2D eigenvalue weighted by Crippen LogP contribution is -2.41. The Morgan fingerprint density at radius 3 is 2.62 bits per heavy atom. The van der Waals surface area contributed by atoms with Crippen LogP contribution in [0.25, 0.3) is 10.9 Å². The average molecular weight is 354 g/mol. The molecule has 0 saturated carbocycles. The molecule has 1 aromatic carbocycles. The largest absolute Gasteiger partial charge is 0.481 e. The molecule has 5 N–H and O–H groups in total. The fraction of sp³-hybridized carbons (Fsp3) is 0.333. The number of nitrogens with one attached hydrogen (secondary N) is 2. The molecule has 0 amide bonds. The Morgan fingerprint density at radius 2 is 1.96 bits per heavy atom. The quantitative estimate of drug-likeness (QED) is 0.421. The minimum absolute atomic E-state index is 0.0370. The van der Waals surface area contributed by atoms with Crippen molar-refractivity contribution in [3.8, 4) is 0 Å². The van der Waals surface area contributed by atoms with Gasteiger partial charge in [-0.3, -0.25) is 14.2 Å². The van der Waals surface area contributed by atoms with Crippen molar-refractivity contribution in [1.29, 1.82) is 0 Å². The Balaban J connectivity index is 2.16. The number of Topliss-reactive ketones (excluding diaryl/α,β-unsaturated/α-hetero) is 1. The highest BCUT2D eigenvalue weighted by Gasteiger charge is 2.27. The van der Waals surface area contributed by atoms with E-state index in [4.69, 9.17) is 14.9 Å². The van der Waals surface area contributed by atoms with Crippen LogP contribution in [0.2, 0.25) is 0 Å². The van der Waals surface area contributed by atoms with E-state index in [1.807, 2.05) is 24.3 Å². The fourth-order valence-corrected chi connectivity index (χ4v) is 3.11. The van der Waals surface area contributed by atoms with E-state index in [0.717, 1.165) is 16.5 Å². The molecule has 24 heavy (non-hydrogen) atoms. The third kappa shape index (κ3) is 5.28. The monoisotopic (exact) mass is 354 g/mol. The van der Waals surface area contributed by atoms with Crippen LogP contribution >= 0.6 is 7.60 Å². The molecule has 0 spiro atoms. The molecular weight excluding hydrogens is 335 g/mol. The second-order valence-electron chi connectivity index (χ2n) is 5.50. The molecule has 0 aliphatic rings. The maximum atomic E-state index is 12.2. The van der Waals surface area contributed by atoms with Gasteiger partial charge in [0.15, 0.2) is 5.78 Å². The SMILES string of the molecule is O=C(O)CCNC(Cc1c[nH]c2ccccc12)C(=O)CP(=O)(O)O. The number of aliphatic carboxylic acids is 1. The molecule has 1 unspecified atom stereocenters. The smallest absolute Gasteiger partial charge is 0.332 e. The highest BCUT2D eigenvalue weighted by atomic mass is 31.2. The van der Waals surface area contributed by atoms with Crippen molar-refractivity contribution >= 4 is 30.3 Å². The van der Waals surface area contributed by atoms with Crippen molar-refractivity contribution in [3.05, 3.63) is 36.0 Å². The van der Waals surface area contributed by atoms with Crippen molar-refractivity contribution in [2.24, 2.45) is 0 Å². The summed E-state index contributed by atoms with van der Waals surface area (Å²) in [5, 5.41) is 12.4.